The van der Waals surface area contributed by atoms with E-state index >= 15 is 0 Å². The van der Waals surface area contributed by atoms with E-state index in [9.17, 15) is 14.4 Å². The van der Waals surface area contributed by atoms with Gasteiger partial charge < -0.3 is 4.42 Å². The number of carbonyl (C=O) groups is 3. The van der Waals surface area contributed by atoms with Crippen LogP contribution in [0.2, 0.25) is 0 Å². The Hall–Kier alpha value is -2.37. The summed E-state index contributed by atoms with van der Waals surface area (Å²) in [6, 6.07) is 2.74. The Kier molecular flexibility index (Phi) is 2.78. The van der Waals surface area contributed by atoms with Gasteiger partial charge in [-0.3, -0.25) is 19.4 Å². The van der Waals surface area contributed by atoms with Crippen molar-refractivity contribution < 1.29 is 18.8 Å². The molecule has 0 unspecified atom stereocenters. The number of hydrogen-bond donors (Lipinski definition) is 0. The topological polar surface area (TPSA) is 70.8 Å². The van der Waals surface area contributed by atoms with E-state index in [0.29, 0.717) is 11.5 Å². The molecule has 0 saturated carbocycles. The lowest BCUT2D eigenvalue weighted by molar-refractivity contribution is -0.134. The van der Waals surface area contributed by atoms with Gasteiger partial charge in [0.25, 0.3) is 11.8 Å². The molecule has 2 rings (SSSR count). The van der Waals surface area contributed by atoms with Crippen molar-refractivity contribution in [2.75, 3.05) is 14.1 Å². The average Bonchev–Trinajstić information content (AvgIpc) is 2.75. The predicted molar refractivity (Wildman–Crippen MR) is 62.4 cm³/mol. The second-order valence-corrected chi connectivity index (χ2v) is 4.02. The second kappa shape index (κ2) is 4.14. The summed E-state index contributed by atoms with van der Waals surface area (Å²) in [5.41, 5.74) is -0.0889. The molecule has 6 heteroatoms. The van der Waals surface area contributed by atoms with Crippen LogP contribution in [0.3, 0.4) is 0 Å². The third-order valence-corrected chi connectivity index (χ3v) is 2.69. The molecule has 0 radical (unpaired) electrons. The van der Waals surface area contributed by atoms with Gasteiger partial charge in [0.05, 0.1) is 0 Å². The zero-order valence-electron chi connectivity index (χ0n) is 10.3. The number of carbonyl (C=O) groups excluding carboxylic acids is 3. The maximum Gasteiger partial charge on any atom is 0.333 e. The van der Waals surface area contributed by atoms with Crippen LogP contribution in [0.15, 0.2) is 22.1 Å². The Labute approximate surface area is 103 Å². The molecule has 4 amide bonds. The Balaban J connectivity index is 2.43. The van der Waals surface area contributed by atoms with E-state index in [1.165, 1.54) is 20.2 Å². The third-order valence-electron chi connectivity index (χ3n) is 2.69. The minimum Gasteiger partial charge on any atom is -0.462 e. The number of aryl methyl sites for hydroxylation is 1. The number of amides is 4. The maximum atomic E-state index is 11.9. The minimum atomic E-state index is -0.641. The summed E-state index contributed by atoms with van der Waals surface area (Å²) in [5, 5.41) is 0. The highest BCUT2D eigenvalue weighted by molar-refractivity contribution is 6.30. The molecule has 94 valence electrons. The van der Waals surface area contributed by atoms with Gasteiger partial charge in [-0.1, -0.05) is 0 Å². The zero-order valence-corrected chi connectivity index (χ0v) is 10.3. The molecule has 0 atom stereocenters. The SMILES string of the molecule is Cc1ccc(C=C2C(=O)N(C)C(=O)N(C)C2=O)o1. The van der Waals surface area contributed by atoms with Crippen LogP contribution in [0.5, 0.6) is 0 Å². The molecule has 0 bridgehead atoms. The molecule has 0 aromatic carbocycles. The highest BCUT2D eigenvalue weighted by Gasteiger charge is 2.37. The molecule has 0 aliphatic carbocycles. The van der Waals surface area contributed by atoms with E-state index in [1.54, 1.807) is 19.1 Å². The lowest BCUT2D eigenvalue weighted by atomic mass is 10.1. The van der Waals surface area contributed by atoms with Crippen LogP contribution < -0.4 is 0 Å². The smallest absolute Gasteiger partial charge is 0.333 e. The quantitative estimate of drug-likeness (QED) is 0.549. The summed E-state index contributed by atoms with van der Waals surface area (Å²) in [6.07, 6.45) is 1.34. The van der Waals surface area contributed by atoms with Crippen molar-refractivity contribution in [3.05, 3.63) is 29.2 Å². The van der Waals surface area contributed by atoms with E-state index in [-0.39, 0.29) is 5.57 Å². The third kappa shape index (κ3) is 1.81. The summed E-state index contributed by atoms with van der Waals surface area (Å²) in [4.78, 5) is 37.0. The van der Waals surface area contributed by atoms with Gasteiger partial charge in [-0.05, 0) is 25.1 Å². The van der Waals surface area contributed by atoms with E-state index in [2.05, 4.69) is 0 Å². The molecule has 18 heavy (non-hydrogen) atoms. The Bertz CT molecular complexity index is 544. The van der Waals surface area contributed by atoms with Gasteiger partial charge >= 0.3 is 6.03 Å². The lowest BCUT2D eigenvalue weighted by Gasteiger charge is -2.28. The predicted octanol–water partition coefficient (Wildman–Crippen LogP) is 1.02. The van der Waals surface area contributed by atoms with Crippen LogP contribution in [0.1, 0.15) is 11.5 Å². The maximum absolute atomic E-state index is 11.9. The largest absolute Gasteiger partial charge is 0.462 e. The number of urea groups is 1. The molecule has 1 aromatic heterocycles. The first-order chi connectivity index (χ1) is 8.41. The number of likely N-dealkylation sites (N-methyl/N-ethyl adjacent to an activating group) is 2. The van der Waals surface area contributed by atoms with Gasteiger partial charge in [-0.25, -0.2) is 4.79 Å². The van der Waals surface area contributed by atoms with Gasteiger partial charge in [0.1, 0.15) is 17.1 Å². The first-order valence-electron chi connectivity index (χ1n) is 5.30. The average molecular weight is 248 g/mol. The van der Waals surface area contributed by atoms with Crippen molar-refractivity contribution in [2.24, 2.45) is 0 Å². The van der Waals surface area contributed by atoms with Crippen LogP contribution in [0.25, 0.3) is 6.08 Å². The number of nitrogens with zero attached hydrogens (tertiary/aromatic N) is 2. The highest BCUT2D eigenvalue weighted by Crippen LogP contribution is 2.18. The van der Waals surface area contributed by atoms with Crippen LogP contribution in [-0.4, -0.2) is 41.7 Å². The van der Waals surface area contributed by atoms with Crippen molar-refractivity contribution in [1.29, 1.82) is 0 Å². The normalized spacial score (nSPS) is 16.6. The molecular weight excluding hydrogens is 236 g/mol. The molecule has 0 N–H and O–H groups in total. The fraction of sp³-hybridized carbons (Fsp3) is 0.250. The van der Waals surface area contributed by atoms with Gasteiger partial charge in [-0.2, -0.15) is 0 Å². The molecule has 1 aliphatic rings. The second-order valence-electron chi connectivity index (χ2n) is 4.02. The number of furan rings is 1. The Morgan fingerprint density at radius 1 is 1.06 bits per heavy atom. The Morgan fingerprint density at radius 2 is 1.61 bits per heavy atom. The van der Waals surface area contributed by atoms with Crippen LogP contribution >= 0.6 is 0 Å². The molecular formula is C12H12N2O4. The zero-order chi connectivity index (χ0) is 13.4. The van der Waals surface area contributed by atoms with E-state index in [1.807, 2.05) is 0 Å². The van der Waals surface area contributed by atoms with Crippen molar-refractivity contribution >= 4 is 23.9 Å². The van der Waals surface area contributed by atoms with Gasteiger partial charge in [0.15, 0.2) is 0 Å². The summed E-state index contributed by atoms with van der Waals surface area (Å²) >= 11 is 0. The number of rotatable bonds is 1. The molecule has 1 fully saturated rings. The minimum absolute atomic E-state index is 0.0889. The van der Waals surface area contributed by atoms with Crippen LogP contribution in [0, 0.1) is 6.92 Å². The summed E-state index contributed by atoms with van der Waals surface area (Å²) < 4.78 is 5.28. The fourth-order valence-electron chi connectivity index (χ4n) is 1.65. The molecule has 2 heterocycles. The summed E-state index contributed by atoms with van der Waals surface area (Å²) in [5.74, 6) is -0.176. The highest BCUT2D eigenvalue weighted by atomic mass is 16.3. The van der Waals surface area contributed by atoms with E-state index < -0.39 is 17.8 Å². The first-order valence-corrected chi connectivity index (χ1v) is 5.30. The molecule has 1 saturated heterocycles. The van der Waals surface area contributed by atoms with Crippen LogP contribution in [-0.2, 0) is 9.59 Å². The molecule has 1 aromatic rings. The van der Waals surface area contributed by atoms with E-state index in [0.717, 1.165) is 9.80 Å². The number of hydrogen-bond acceptors (Lipinski definition) is 4. The van der Waals surface area contributed by atoms with Crippen molar-refractivity contribution in [2.45, 2.75) is 6.92 Å². The van der Waals surface area contributed by atoms with Crippen molar-refractivity contribution in [3.8, 4) is 0 Å². The molecule has 1 aliphatic heterocycles. The van der Waals surface area contributed by atoms with Gasteiger partial charge in [0, 0.05) is 14.1 Å². The monoisotopic (exact) mass is 248 g/mol. The lowest BCUT2D eigenvalue weighted by Crippen LogP contribution is -2.52. The summed E-state index contributed by atoms with van der Waals surface area (Å²) in [6.45, 7) is 1.76. The number of imide groups is 2. The molecule has 6 nitrogen and oxygen atoms in total. The first kappa shape index (κ1) is 12.1. The van der Waals surface area contributed by atoms with Gasteiger partial charge in [-0.15, -0.1) is 0 Å². The van der Waals surface area contributed by atoms with E-state index in [4.69, 9.17) is 4.42 Å². The van der Waals surface area contributed by atoms with Crippen LogP contribution in [0.4, 0.5) is 4.79 Å². The standard InChI is InChI=1S/C12H12N2O4/c1-7-4-5-8(18-7)6-9-10(15)13(2)12(17)14(3)11(9)16/h4-6H,1-3H3. The van der Waals surface area contributed by atoms with Crippen molar-refractivity contribution in [1.82, 2.24) is 9.80 Å². The summed E-state index contributed by atoms with van der Waals surface area (Å²) in [7, 11) is 2.66. The Morgan fingerprint density at radius 3 is 2.06 bits per heavy atom. The fourth-order valence-corrected chi connectivity index (χ4v) is 1.65. The van der Waals surface area contributed by atoms with Crippen molar-refractivity contribution in [3.63, 3.8) is 0 Å². The van der Waals surface area contributed by atoms with Gasteiger partial charge in [0.2, 0.25) is 0 Å². The number of barbiturate groups is 1. The molecule has 0 spiro atoms.